The van der Waals surface area contributed by atoms with E-state index in [9.17, 15) is 28.6 Å². The molecule has 0 aromatic heterocycles. The van der Waals surface area contributed by atoms with Crippen molar-refractivity contribution < 1.29 is 33.3 Å². The first-order chi connectivity index (χ1) is 13.7. The summed E-state index contributed by atoms with van der Waals surface area (Å²) in [6.45, 7) is 0. The van der Waals surface area contributed by atoms with Gasteiger partial charge in [-0.3, -0.25) is 9.59 Å². The van der Waals surface area contributed by atoms with Crippen molar-refractivity contribution in [3.8, 4) is 0 Å². The summed E-state index contributed by atoms with van der Waals surface area (Å²) in [4.78, 5) is 23.3. The van der Waals surface area contributed by atoms with Crippen molar-refractivity contribution in [1.29, 1.82) is 0 Å². The van der Waals surface area contributed by atoms with E-state index in [1.165, 1.54) is 48.5 Å². The zero-order chi connectivity index (χ0) is 20.9. The normalized spacial score (nSPS) is 30.2. The zero-order valence-corrected chi connectivity index (χ0v) is 15.2. The van der Waals surface area contributed by atoms with Crippen LogP contribution in [0.1, 0.15) is 23.7 Å². The Balaban J connectivity index is 1.67. The van der Waals surface area contributed by atoms with Gasteiger partial charge in [0, 0.05) is 5.92 Å². The Labute approximate surface area is 164 Å². The Morgan fingerprint density at radius 3 is 1.90 bits per heavy atom. The number of carboxylic acids is 2. The lowest BCUT2D eigenvalue weighted by atomic mass is 9.88. The molecule has 0 amide bonds. The molecular weight excluding hydrogens is 384 g/mol. The molecule has 2 aliphatic rings. The topological polar surface area (TPSA) is 110 Å². The van der Waals surface area contributed by atoms with Gasteiger partial charge in [0.15, 0.2) is 0 Å². The van der Waals surface area contributed by atoms with Crippen LogP contribution in [0.5, 0.6) is 0 Å². The standard InChI is InChI=1S/C21H19F2NO5/c22-12-5-1-10(2-6-12)18(11-3-7-13(23)8-4-11)29-15-9-14-16(19(25)26)17(14)21(15,24)20(27)28/h1-8,14-18H,9,24H2,(H,25,26)(H,27,28)/t14-,15+,16-,17-,21-/m0/s1. The summed E-state index contributed by atoms with van der Waals surface area (Å²) in [6.07, 6.45) is -1.58. The SMILES string of the molecule is N[C@]1(C(=O)O)[C@H]2[C@@H](C[C@H]1OC(c1ccc(F)cc1)c1ccc(F)cc1)[C@@H]2C(=O)O. The highest BCUT2D eigenvalue weighted by Gasteiger charge is 2.74. The van der Waals surface area contributed by atoms with Crippen LogP contribution in [0.15, 0.2) is 48.5 Å². The molecule has 2 aromatic rings. The van der Waals surface area contributed by atoms with Crippen LogP contribution in [0.3, 0.4) is 0 Å². The number of fused-ring (bicyclic) bond motifs is 1. The number of hydrogen-bond acceptors (Lipinski definition) is 4. The lowest BCUT2D eigenvalue weighted by Crippen LogP contribution is -2.59. The van der Waals surface area contributed by atoms with E-state index in [0.29, 0.717) is 11.1 Å². The summed E-state index contributed by atoms with van der Waals surface area (Å²) in [7, 11) is 0. The van der Waals surface area contributed by atoms with Crippen LogP contribution < -0.4 is 5.73 Å². The number of carbonyl (C=O) groups is 2. The molecule has 0 spiro atoms. The van der Waals surface area contributed by atoms with Crippen molar-refractivity contribution in [2.24, 2.45) is 23.5 Å². The number of ether oxygens (including phenoxy) is 1. The van der Waals surface area contributed by atoms with Crippen LogP contribution >= 0.6 is 0 Å². The van der Waals surface area contributed by atoms with E-state index in [0.717, 1.165) is 0 Å². The molecule has 2 fully saturated rings. The first-order valence-electron chi connectivity index (χ1n) is 9.15. The third-order valence-corrected chi connectivity index (χ3v) is 6.04. The highest BCUT2D eigenvalue weighted by Crippen LogP contribution is 2.62. The van der Waals surface area contributed by atoms with Crippen LogP contribution in [0.4, 0.5) is 8.78 Å². The summed E-state index contributed by atoms with van der Waals surface area (Å²) in [5, 5.41) is 19.1. The van der Waals surface area contributed by atoms with Crippen molar-refractivity contribution >= 4 is 11.9 Å². The van der Waals surface area contributed by atoms with E-state index in [1.807, 2.05) is 0 Å². The molecule has 0 radical (unpaired) electrons. The Morgan fingerprint density at radius 2 is 1.48 bits per heavy atom. The second kappa shape index (κ2) is 6.89. The monoisotopic (exact) mass is 403 g/mol. The summed E-state index contributed by atoms with van der Waals surface area (Å²) in [5.41, 5.74) is 5.43. The molecule has 0 saturated heterocycles. The maximum absolute atomic E-state index is 13.4. The van der Waals surface area contributed by atoms with Crippen LogP contribution in [0.25, 0.3) is 0 Å². The molecule has 6 nitrogen and oxygen atoms in total. The van der Waals surface area contributed by atoms with Gasteiger partial charge in [-0.25, -0.2) is 8.78 Å². The smallest absolute Gasteiger partial charge is 0.326 e. The molecule has 0 unspecified atom stereocenters. The van der Waals surface area contributed by atoms with Crippen LogP contribution in [0.2, 0.25) is 0 Å². The molecule has 4 rings (SSSR count). The van der Waals surface area contributed by atoms with E-state index in [-0.39, 0.29) is 12.3 Å². The Hall–Kier alpha value is -2.84. The first kappa shape index (κ1) is 19.5. The second-order valence-corrected chi connectivity index (χ2v) is 7.64. The average Bonchev–Trinajstić information content (AvgIpc) is 3.33. The molecule has 5 atom stereocenters. The van der Waals surface area contributed by atoms with E-state index in [4.69, 9.17) is 10.5 Å². The predicted octanol–water partition coefficient (Wildman–Crippen LogP) is 2.57. The molecule has 0 heterocycles. The largest absolute Gasteiger partial charge is 0.481 e. The number of hydrogen-bond donors (Lipinski definition) is 3. The lowest BCUT2D eigenvalue weighted by molar-refractivity contribution is -0.153. The number of nitrogens with two attached hydrogens (primary N) is 1. The summed E-state index contributed by atoms with van der Waals surface area (Å²) >= 11 is 0. The Kier molecular flexibility index (Phi) is 4.63. The van der Waals surface area contributed by atoms with Gasteiger partial charge in [-0.05, 0) is 47.7 Å². The first-order valence-corrected chi connectivity index (χ1v) is 9.15. The molecule has 2 aromatic carbocycles. The average molecular weight is 403 g/mol. The van der Waals surface area contributed by atoms with Crippen LogP contribution in [-0.4, -0.2) is 33.8 Å². The van der Waals surface area contributed by atoms with Gasteiger partial charge >= 0.3 is 11.9 Å². The van der Waals surface area contributed by atoms with Crippen molar-refractivity contribution in [2.45, 2.75) is 24.2 Å². The van der Waals surface area contributed by atoms with Gasteiger partial charge in [0.2, 0.25) is 0 Å². The molecular formula is C21H19F2NO5. The molecule has 4 N–H and O–H groups in total. The van der Waals surface area contributed by atoms with Crippen molar-refractivity contribution in [3.63, 3.8) is 0 Å². The summed E-state index contributed by atoms with van der Waals surface area (Å²) in [5.74, 6) is -5.18. The van der Waals surface area contributed by atoms with Gasteiger partial charge in [-0.2, -0.15) is 0 Å². The van der Waals surface area contributed by atoms with Crippen molar-refractivity contribution in [3.05, 3.63) is 71.3 Å². The molecule has 0 bridgehead atoms. The third kappa shape index (κ3) is 3.18. The van der Waals surface area contributed by atoms with Gasteiger partial charge in [0.25, 0.3) is 0 Å². The minimum Gasteiger partial charge on any atom is -0.481 e. The molecule has 2 saturated carbocycles. The number of carboxylic acid groups (broad SMARTS) is 2. The molecule has 0 aliphatic heterocycles. The number of rotatable bonds is 6. The molecule has 8 heteroatoms. The quantitative estimate of drug-likeness (QED) is 0.684. The van der Waals surface area contributed by atoms with E-state index in [2.05, 4.69) is 0 Å². The highest BCUT2D eigenvalue weighted by molar-refractivity contribution is 5.86. The Morgan fingerprint density at radius 1 is 1.00 bits per heavy atom. The van der Waals surface area contributed by atoms with Crippen LogP contribution in [-0.2, 0) is 14.3 Å². The van der Waals surface area contributed by atoms with Crippen LogP contribution in [0, 0.1) is 29.4 Å². The van der Waals surface area contributed by atoms with Crippen molar-refractivity contribution in [1.82, 2.24) is 0 Å². The van der Waals surface area contributed by atoms with Gasteiger partial charge in [-0.1, -0.05) is 24.3 Å². The minimum atomic E-state index is -1.86. The molecule has 29 heavy (non-hydrogen) atoms. The minimum absolute atomic E-state index is 0.184. The number of aliphatic carboxylic acids is 2. The second-order valence-electron chi connectivity index (χ2n) is 7.64. The lowest BCUT2D eigenvalue weighted by Gasteiger charge is -2.34. The molecule has 152 valence electrons. The van der Waals surface area contributed by atoms with E-state index >= 15 is 0 Å². The van der Waals surface area contributed by atoms with Gasteiger partial charge in [-0.15, -0.1) is 0 Å². The fraction of sp³-hybridized carbons (Fsp3) is 0.333. The fourth-order valence-corrected chi connectivity index (χ4v) is 4.55. The third-order valence-electron chi connectivity index (χ3n) is 6.04. The summed E-state index contributed by atoms with van der Waals surface area (Å²) < 4.78 is 32.9. The van der Waals surface area contributed by atoms with Gasteiger partial charge < -0.3 is 20.7 Å². The number of halogens is 2. The van der Waals surface area contributed by atoms with Gasteiger partial charge in [0.1, 0.15) is 23.3 Å². The summed E-state index contributed by atoms with van der Waals surface area (Å²) in [6, 6.07) is 11.0. The predicted molar refractivity (Wildman–Crippen MR) is 96.8 cm³/mol. The van der Waals surface area contributed by atoms with E-state index in [1.54, 1.807) is 0 Å². The highest BCUT2D eigenvalue weighted by atomic mass is 19.1. The maximum Gasteiger partial charge on any atom is 0.326 e. The molecule has 2 aliphatic carbocycles. The Bertz CT molecular complexity index is 903. The van der Waals surface area contributed by atoms with Gasteiger partial charge in [0.05, 0.1) is 12.0 Å². The fourth-order valence-electron chi connectivity index (χ4n) is 4.55. The maximum atomic E-state index is 13.4. The zero-order valence-electron chi connectivity index (χ0n) is 15.2. The van der Waals surface area contributed by atoms with Crippen molar-refractivity contribution in [2.75, 3.05) is 0 Å². The number of benzene rings is 2. The van der Waals surface area contributed by atoms with E-state index < -0.39 is 53.2 Å².